The highest BCUT2D eigenvalue weighted by Gasteiger charge is 2.47. The zero-order chi connectivity index (χ0) is 10.1. The van der Waals surface area contributed by atoms with Crippen LogP contribution in [0.15, 0.2) is 0 Å². The molecule has 8 heteroatoms. The van der Waals surface area contributed by atoms with Gasteiger partial charge in [-0.05, 0) is 0 Å². The highest BCUT2D eigenvalue weighted by molar-refractivity contribution is 7.92. The minimum atomic E-state index is -5.21. The second-order valence-corrected chi connectivity index (χ2v) is 4.53. The van der Waals surface area contributed by atoms with Crippen molar-refractivity contribution in [3.63, 3.8) is 0 Å². The maximum Gasteiger partial charge on any atom is 0.497 e. The van der Waals surface area contributed by atoms with Crippen LogP contribution in [0.5, 0.6) is 0 Å². The summed E-state index contributed by atoms with van der Waals surface area (Å²) < 4.78 is 65.6. The average Bonchev–Trinajstić information content (AvgIpc) is 2.35. The van der Waals surface area contributed by atoms with Gasteiger partial charge in [0.15, 0.2) is 0 Å². The van der Waals surface area contributed by atoms with Gasteiger partial charge in [0.2, 0.25) is 0 Å². The Kier molecular flexibility index (Phi) is 2.83. The monoisotopic (exact) mass is 220 g/mol. The maximum absolute atomic E-state index is 11.8. The molecule has 1 aliphatic heterocycles. The fraction of sp³-hybridized carbons (Fsp3) is 1.00. The van der Waals surface area contributed by atoms with Crippen molar-refractivity contribution in [1.82, 2.24) is 0 Å². The molecule has 78 valence electrons. The van der Waals surface area contributed by atoms with Crippen molar-refractivity contribution < 1.29 is 31.1 Å². The van der Waals surface area contributed by atoms with Crippen molar-refractivity contribution in [3.8, 4) is 0 Å². The molecule has 1 rings (SSSR count). The molecule has 1 saturated heterocycles. The summed E-state index contributed by atoms with van der Waals surface area (Å²) in [5.41, 5.74) is -5.21. The van der Waals surface area contributed by atoms with E-state index < -0.39 is 27.2 Å². The summed E-state index contributed by atoms with van der Waals surface area (Å²) in [4.78, 5) is 0. The fourth-order valence-corrected chi connectivity index (χ4v) is 1.68. The lowest BCUT2D eigenvalue weighted by Crippen LogP contribution is -2.33. The number of sulfone groups is 1. The molecule has 1 atom stereocenters. The molecule has 1 heterocycles. The van der Waals surface area contributed by atoms with E-state index in [-0.39, 0.29) is 13.4 Å². The first-order chi connectivity index (χ1) is 5.83. The summed E-state index contributed by atoms with van der Waals surface area (Å²) >= 11 is 0. The largest absolute Gasteiger partial charge is 0.497 e. The highest BCUT2D eigenvalue weighted by atomic mass is 32.2. The molecule has 13 heavy (non-hydrogen) atoms. The van der Waals surface area contributed by atoms with Gasteiger partial charge in [0.25, 0.3) is 9.84 Å². The first-order valence-electron chi connectivity index (χ1n) is 3.31. The van der Waals surface area contributed by atoms with E-state index in [1.165, 1.54) is 0 Å². The van der Waals surface area contributed by atoms with E-state index >= 15 is 0 Å². The zero-order valence-electron chi connectivity index (χ0n) is 6.37. The quantitative estimate of drug-likeness (QED) is 0.671. The summed E-state index contributed by atoms with van der Waals surface area (Å²) in [6.45, 7) is -0.270. The Morgan fingerprint density at radius 3 is 2.38 bits per heavy atom. The van der Waals surface area contributed by atoms with Crippen molar-refractivity contribution in [2.24, 2.45) is 0 Å². The van der Waals surface area contributed by atoms with Crippen LogP contribution in [0.3, 0.4) is 0 Å². The van der Waals surface area contributed by atoms with Gasteiger partial charge in [0.1, 0.15) is 6.79 Å². The predicted octanol–water partition coefficient (Wildman–Crippen LogP) is 0.294. The number of halogens is 3. The third-order valence-electron chi connectivity index (χ3n) is 1.45. The van der Waals surface area contributed by atoms with Crippen LogP contribution in [0.4, 0.5) is 13.2 Å². The van der Waals surface area contributed by atoms with Crippen molar-refractivity contribution in [2.45, 2.75) is 11.6 Å². The van der Waals surface area contributed by atoms with E-state index in [4.69, 9.17) is 0 Å². The molecule has 0 aromatic heterocycles. The third-order valence-corrected chi connectivity index (χ3v) is 2.96. The number of rotatable bonds is 2. The number of hydrogen-bond acceptors (Lipinski definition) is 4. The Balaban J connectivity index is 2.62. The standard InChI is InChI=1S/C5H7F3O4S/c6-5(7,8)13(9,10)2-4-1-11-3-12-4/h4H,1-3H2. The van der Waals surface area contributed by atoms with Crippen LogP contribution >= 0.6 is 0 Å². The molecule has 0 aromatic rings. The van der Waals surface area contributed by atoms with Crippen molar-refractivity contribution in [1.29, 1.82) is 0 Å². The van der Waals surface area contributed by atoms with Crippen molar-refractivity contribution in [2.75, 3.05) is 19.2 Å². The molecule has 4 nitrogen and oxygen atoms in total. The van der Waals surface area contributed by atoms with Gasteiger partial charge in [-0.15, -0.1) is 0 Å². The van der Waals surface area contributed by atoms with Gasteiger partial charge in [-0.1, -0.05) is 0 Å². The maximum atomic E-state index is 11.8. The SMILES string of the molecule is O=S(=O)(CC1COCO1)C(F)(F)F. The molecule has 0 amide bonds. The number of alkyl halides is 3. The first-order valence-corrected chi connectivity index (χ1v) is 4.96. The Morgan fingerprint density at radius 1 is 1.38 bits per heavy atom. The average molecular weight is 220 g/mol. The van der Waals surface area contributed by atoms with Crippen molar-refractivity contribution in [3.05, 3.63) is 0 Å². The summed E-state index contributed by atoms with van der Waals surface area (Å²) in [5, 5.41) is 0. The first kappa shape index (κ1) is 10.7. The zero-order valence-corrected chi connectivity index (χ0v) is 7.19. The van der Waals surface area contributed by atoms with Gasteiger partial charge < -0.3 is 9.47 Å². The summed E-state index contributed by atoms with van der Waals surface area (Å²) in [7, 11) is -5.09. The Bertz CT molecular complexity index is 264. The minimum Gasteiger partial charge on any atom is -0.353 e. The van der Waals surface area contributed by atoms with E-state index in [9.17, 15) is 21.6 Å². The minimum absolute atomic E-state index is 0.116. The van der Waals surface area contributed by atoms with E-state index in [1.54, 1.807) is 0 Å². The molecule has 0 spiro atoms. The molecular weight excluding hydrogens is 213 g/mol. The van der Waals surface area contributed by atoms with E-state index in [0.717, 1.165) is 0 Å². The normalized spacial score (nSPS) is 25.0. The molecule has 0 bridgehead atoms. The molecule has 0 N–H and O–H groups in total. The number of hydrogen-bond donors (Lipinski definition) is 0. The molecule has 0 aromatic carbocycles. The van der Waals surface area contributed by atoms with Crippen LogP contribution in [0.1, 0.15) is 0 Å². The molecular formula is C5H7F3O4S. The van der Waals surface area contributed by atoms with Gasteiger partial charge in [0, 0.05) is 0 Å². The lowest BCUT2D eigenvalue weighted by atomic mass is 10.4. The van der Waals surface area contributed by atoms with Gasteiger partial charge in [-0.3, -0.25) is 0 Å². The molecule has 1 fully saturated rings. The second-order valence-electron chi connectivity index (χ2n) is 2.50. The topological polar surface area (TPSA) is 52.6 Å². The predicted molar refractivity (Wildman–Crippen MR) is 35.5 cm³/mol. The fourth-order valence-electron chi connectivity index (χ4n) is 0.807. The second kappa shape index (κ2) is 3.43. The Labute approximate surface area is 72.5 Å². The van der Waals surface area contributed by atoms with E-state index in [0.29, 0.717) is 0 Å². The number of ether oxygens (including phenoxy) is 2. The van der Waals surface area contributed by atoms with Crippen LogP contribution in [0.25, 0.3) is 0 Å². The molecule has 0 aliphatic carbocycles. The highest BCUT2D eigenvalue weighted by Crippen LogP contribution is 2.25. The Hall–Kier alpha value is -0.340. The Morgan fingerprint density at radius 2 is 2.00 bits per heavy atom. The van der Waals surface area contributed by atoms with Gasteiger partial charge in [0.05, 0.1) is 18.5 Å². The summed E-state index contributed by atoms with van der Waals surface area (Å²) in [5.74, 6) is -1.07. The van der Waals surface area contributed by atoms with Gasteiger partial charge in [-0.25, -0.2) is 8.42 Å². The smallest absolute Gasteiger partial charge is 0.353 e. The van der Waals surface area contributed by atoms with Crippen LogP contribution in [0, 0.1) is 0 Å². The van der Waals surface area contributed by atoms with E-state index in [2.05, 4.69) is 9.47 Å². The molecule has 0 radical (unpaired) electrons. The van der Waals surface area contributed by atoms with Crippen molar-refractivity contribution >= 4 is 9.84 Å². The molecule has 1 unspecified atom stereocenters. The lowest BCUT2D eigenvalue weighted by Gasteiger charge is -2.10. The van der Waals surface area contributed by atoms with Gasteiger partial charge in [-0.2, -0.15) is 13.2 Å². The lowest BCUT2D eigenvalue weighted by molar-refractivity contribution is -0.0445. The summed E-state index contributed by atoms with van der Waals surface area (Å²) in [6.07, 6.45) is -1.01. The van der Waals surface area contributed by atoms with E-state index in [1.807, 2.05) is 0 Å². The molecule has 0 saturated carbocycles. The van der Waals surface area contributed by atoms with Crippen LogP contribution in [-0.2, 0) is 19.3 Å². The van der Waals surface area contributed by atoms with Crippen LogP contribution < -0.4 is 0 Å². The molecule has 1 aliphatic rings. The third kappa shape index (κ3) is 2.55. The van der Waals surface area contributed by atoms with Crippen LogP contribution in [0.2, 0.25) is 0 Å². The van der Waals surface area contributed by atoms with Crippen LogP contribution in [-0.4, -0.2) is 39.2 Å². The summed E-state index contributed by atoms with van der Waals surface area (Å²) in [6, 6.07) is 0. The van der Waals surface area contributed by atoms with Gasteiger partial charge >= 0.3 is 5.51 Å².